The Morgan fingerprint density at radius 2 is 1.30 bits per heavy atom. The van der Waals surface area contributed by atoms with E-state index in [0.717, 1.165) is 4.47 Å². The molecule has 0 aliphatic heterocycles. The number of halogens is 1. The lowest BCUT2D eigenvalue weighted by Crippen LogP contribution is -2.39. The Morgan fingerprint density at radius 3 is 1.78 bits per heavy atom. The van der Waals surface area contributed by atoms with E-state index in [1.807, 2.05) is 0 Å². The molecule has 3 rings (SSSR count). The predicted octanol–water partition coefficient (Wildman–Crippen LogP) is 4.11. The van der Waals surface area contributed by atoms with E-state index >= 15 is 0 Å². The van der Waals surface area contributed by atoms with E-state index in [9.17, 15) is 14.7 Å². The minimum absolute atomic E-state index is 0.348. The number of carbonyl (C=O) groups excluding carboxylic acids is 2. The molecular weight excluding hydrogens is 408 g/mol. The quantitative estimate of drug-likeness (QED) is 0.477. The molecule has 0 atom stereocenters. The molecule has 5 heteroatoms. The van der Waals surface area contributed by atoms with Crippen LogP contribution in [0.1, 0.15) is 21.5 Å². The van der Waals surface area contributed by atoms with Gasteiger partial charge in [0.2, 0.25) is 5.60 Å². The number of ether oxygens (including phenoxy) is 1. The summed E-state index contributed by atoms with van der Waals surface area (Å²) in [5.74, 6) is -1.25. The standard InChI is InChI=1S/C22H17BrO4/c23-19-13-11-16(12-14-19)20(24)15-27-21(25)22(26,17-7-3-1-4-8-17)18-9-5-2-6-10-18/h1-14,26H,15H2. The second kappa shape index (κ2) is 8.29. The summed E-state index contributed by atoms with van der Waals surface area (Å²) in [6.45, 7) is -0.456. The van der Waals surface area contributed by atoms with E-state index in [1.165, 1.54) is 0 Å². The molecule has 0 aliphatic rings. The topological polar surface area (TPSA) is 63.6 Å². The van der Waals surface area contributed by atoms with Crippen molar-refractivity contribution in [1.29, 1.82) is 0 Å². The number of rotatable bonds is 6. The van der Waals surface area contributed by atoms with Crippen molar-refractivity contribution in [3.63, 3.8) is 0 Å². The van der Waals surface area contributed by atoms with Gasteiger partial charge in [-0.05, 0) is 23.3 Å². The molecule has 1 N–H and O–H groups in total. The SMILES string of the molecule is O=C(COC(=O)C(O)(c1ccccc1)c1ccccc1)c1ccc(Br)cc1. The monoisotopic (exact) mass is 424 g/mol. The number of carbonyl (C=O) groups is 2. The first-order chi connectivity index (χ1) is 13.0. The summed E-state index contributed by atoms with van der Waals surface area (Å²) >= 11 is 3.30. The molecule has 3 aromatic carbocycles. The number of benzene rings is 3. The van der Waals surface area contributed by atoms with Gasteiger partial charge in [0.25, 0.3) is 0 Å². The van der Waals surface area contributed by atoms with Gasteiger partial charge in [-0.25, -0.2) is 4.79 Å². The lowest BCUT2D eigenvalue weighted by atomic mass is 9.86. The van der Waals surface area contributed by atoms with Gasteiger partial charge in [-0.2, -0.15) is 0 Å². The summed E-state index contributed by atoms with van der Waals surface area (Å²) in [7, 11) is 0. The van der Waals surface area contributed by atoms with Gasteiger partial charge in [-0.3, -0.25) is 4.79 Å². The van der Waals surface area contributed by atoms with Crippen molar-refractivity contribution in [2.24, 2.45) is 0 Å². The van der Waals surface area contributed by atoms with Gasteiger partial charge >= 0.3 is 5.97 Å². The van der Waals surface area contributed by atoms with E-state index in [4.69, 9.17) is 4.74 Å². The minimum Gasteiger partial charge on any atom is -0.455 e. The van der Waals surface area contributed by atoms with Crippen LogP contribution < -0.4 is 0 Å². The zero-order valence-corrected chi connectivity index (χ0v) is 15.9. The normalized spacial score (nSPS) is 11.0. The third kappa shape index (κ3) is 4.15. The van der Waals surface area contributed by atoms with Crippen molar-refractivity contribution in [3.05, 3.63) is 106 Å². The number of hydrogen-bond donors (Lipinski definition) is 1. The molecule has 0 bridgehead atoms. The van der Waals surface area contributed by atoms with Crippen LogP contribution in [-0.4, -0.2) is 23.5 Å². The third-order valence-electron chi connectivity index (χ3n) is 4.18. The Morgan fingerprint density at radius 1 is 0.815 bits per heavy atom. The molecular formula is C22H17BrO4. The number of ketones is 1. The van der Waals surface area contributed by atoms with Crippen molar-refractivity contribution in [3.8, 4) is 0 Å². The molecule has 3 aromatic rings. The molecule has 27 heavy (non-hydrogen) atoms. The van der Waals surface area contributed by atoms with Crippen molar-refractivity contribution in [2.75, 3.05) is 6.61 Å². The van der Waals surface area contributed by atoms with Gasteiger partial charge in [0, 0.05) is 10.0 Å². The Kier molecular flexibility index (Phi) is 5.84. The number of hydrogen-bond acceptors (Lipinski definition) is 4. The maximum Gasteiger partial charge on any atom is 0.348 e. The summed E-state index contributed by atoms with van der Waals surface area (Å²) in [4.78, 5) is 25.1. The molecule has 0 fully saturated rings. The molecule has 4 nitrogen and oxygen atoms in total. The molecule has 0 saturated carbocycles. The van der Waals surface area contributed by atoms with Gasteiger partial charge in [0.1, 0.15) is 0 Å². The zero-order valence-electron chi connectivity index (χ0n) is 14.3. The summed E-state index contributed by atoms with van der Waals surface area (Å²) in [5.41, 5.74) is -0.828. The average Bonchev–Trinajstić information content (AvgIpc) is 2.73. The van der Waals surface area contributed by atoms with Crippen LogP contribution in [0, 0.1) is 0 Å². The van der Waals surface area contributed by atoms with Gasteiger partial charge in [0.05, 0.1) is 0 Å². The highest BCUT2D eigenvalue weighted by atomic mass is 79.9. The Labute approximate surface area is 165 Å². The summed E-state index contributed by atoms with van der Waals surface area (Å²) in [5, 5.41) is 11.3. The smallest absolute Gasteiger partial charge is 0.348 e. The van der Waals surface area contributed by atoms with E-state index in [-0.39, 0.29) is 5.78 Å². The van der Waals surface area contributed by atoms with Gasteiger partial charge in [-0.1, -0.05) is 88.7 Å². The molecule has 0 unspecified atom stereocenters. The zero-order chi connectivity index (χ0) is 19.3. The first-order valence-corrected chi connectivity index (χ1v) is 9.10. The Balaban J connectivity index is 1.84. The van der Waals surface area contributed by atoms with Crippen LogP contribution in [-0.2, 0) is 15.1 Å². The van der Waals surface area contributed by atoms with E-state index in [2.05, 4.69) is 15.9 Å². The Hall–Kier alpha value is -2.76. The van der Waals surface area contributed by atoms with Gasteiger partial charge in [-0.15, -0.1) is 0 Å². The molecule has 0 aliphatic carbocycles. The van der Waals surface area contributed by atoms with E-state index in [1.54, 1.807) is 84.9 Å². The Bertz CT molecular complexity index is 882. The van der Waals surface area contributed by atoms with Crippen molar-refractivity contribution >= 4 is 27.7 Å². The van der Waals surface area contributed by atoms with Crippen LogP contribution in [0.15, 0.2) is 89.4 Å². The minimum atomic E-state index is -2.00. The first kappa shape index (κ1) is 19.0. The van der Waals surface area contributed by atoms with Crippen molar-refractivity contribution in [1.82, 2.24) is 0 Å². The van der Waals surface area contributed by atoms with Gasteiger partial charge in [0.15, 0.2) is 12.4 Å². The molecule has 0 radical (unpaired) electrons. The number of esters is 1. The number of aliphatic hydroxyl groups is 1. The fourth-order valence-corrected chi connectivity index (χ4v) is 2.98. The highest BCUT2D eigenvalue weighted by Crippen LogP contribution is 2.31. The van der Waals surface area contributed by atoms with Crippen LogP contribution >= 0.6 is 15.9 Å². The third-order valence-corrected chi connectivity index (χ3v) is 4.71. The fraction of sp³-hybridized carbons (Fsp3) is 0.0909. The second-order valence-corrected chi connectivity index (χ2v) is 6.86. The van der Waals surface area contributed by atoms with Crippen molar-refractivity contribution in [2.45, 2.75) is 5.60 Å². The van der Waals surface area contributed by atoms with E-state index < -0.39 is 18.2 Å². The molecule has 136 valence electrons. The molecule has 0 amide bonds. The molecule has 0 heterocycles. The maximum atomic E-state index is 12.8. The maximum absolute atomic E-state index is 12.8. The highest BCUT2D eigenvalue weighted by molar-refractivity contribution is 9.10. The molecule has 0 spiro atoms. The van der Waals surface area contributed by atoms with Crippen LogP contribution in [0.25, 0.3) is 0 Å². The van der Waals surface area contributed by atoms with Crippen LogP contribution in [0.5, 0.6) is 0 Å². The number of Topliss-reactive ketones (excluding diaryl/α,β-unsaturated/α-hetero) is 1. The first-order valence-electron chi connectivity index (χ1n) is 8.31. The second-order valence-electron chi connectivity index (χ2n) is 5.95. The fourth-order valence-electron chi connectivity index (χ4n) is 2.72. The lowest BCUT2D eigenvalue weighted by molar-refractivity contribution is -0.160. The summed E-state index contributed by atoms with van der Waals surface area (Å²) < 4.78 is 6.06. The predicted molar refractivity (Wildman–Crippen MR) is 105 cm³/mol. The summed E-state index contributed by atoms with van der Waals surface area (Å²) in [6, 6.07) is 23.8. The van der Waals surface area contributed by atoms with Crippen LogP contribution in [0.4, 0.5) is 0 Å². The highest BCUT2D eigenvalue weighted by Gasteiger charge is 2.41. The largest absolute Gasteiger partial charge is 0.455 e. The van der Waals surface area contributed by atoms with Gasteiger partial charge < -0.3 is 9.84 Å². The summed E-state index contributed by atoms with van der Waals surface area (Å²) in [6.07, 6.45) is 0. The molecule has 0 aromatic heterocycles. The van der Waals surface area contributed by atoms with Crippen LogP contribution in [0.2, 0.25) is 0 Å². The lowest BCUT2D eigenvalue weighted by Gasteiger charge is -2.26. The van der Waals surface area contributed by atoms with Crippen LogP contribution in [0.3, 0.4) is 0 Å². The van der Waals surface area contributed by atoms with E-state index in [0.29, 0.717) is 16.7 Å². The van der Waals surface area contributed by atoms with Crippen molar-refractivity contribution < 1.29 is 19.4 Å². The molecule has 0 saturated heterocycles. The average molecular weight is 425 g/mol.